The fourth-order valence-corrected chi connectivity index (χ4v) is 1.94. The highest BCUT2D eigenvalue weighted by molar-refractivity contribution is 4.80. The minimum Gasteiger partial charge on any atom is -0.390 e. The molecule has 76 valence electrons. The molecule has 0 aromatic heterocycles. The van der Waals surface area contributed by atoms with Crippen molar-refractivity contribution in [1.29, 1.82) is 0 Å². The van der Waals surface area contributed by atoms with Gasteiger partial charge in [-0.2, -0.15) is 0 Å². The molecule has 0 atom stereocenters. The molecular weight excluding hydrogens is 166 g/mol. The van der Waals surface area contributed by atoms with Crippen molar-refractivity contribution >= 4 is 0 Å². The van der Waals surface area contributed by atoms with Gasteiger partial charge in [0.05, 0.1) is 6.10 Å². The number of piperazine rings is 1. The summed E-state index contributed by atoms with van der Waals surface area (Å²) in [6.45, 7) is 8.65. The second-order valence-corrected chi connectivity index (χ2v) is 4.01. The number of aliphatic hydroxyl groups is 1. The predicted octanol–water partition coefficient (Wildman–Crippen LogP) is -1.43. The van der Waals surface area contributed by atoms with Gasteiger partial charge in [-0.15, -0.1) is 0 Å². The summed E-state index contributed by atoms with van der Waals surface area (Å²) >= 11 is 0. The van der Waals surface area contributed by atoms with Crippen LogP contribution in [0, 0.1) is 0 Å². The van der Waals surface area contributed by atoms with E-state index in [1.165, 1.54) is 13.1 Å². The maximum Gasteiger partial charge on any atom is 0.0793 e. The number of nitrogens with zero attached hydrogens (tertiary/aromatic N) is 2. The highest BCUT2D eigenvalue weighted by atomic mass is 16.3. The Morgan fingerprint density at radius 2 is 1.69 bits per heavy atom. The van der Waals surface area contributed by atoms with E-state index in [2.05, 4.69) is 15.1 Å². The van der Waals surface area contributed by atoms with Crippen LogP contribution in [0.4, 0.5) is 0 Å². The molecule has 0 saturated carbocycles. The van der Waals surface area contributed by atoms with Crippen molar-refractivity contribution in [3.8, 4) is 0 Å². The van der Waals surface area contributed by atoms with Crippen LogP contribution in [0.3, 0.4) is 0 Å². The standard InChI is InChI=1S/C9H19N3O/c13-9-7-12(8-9)6-5-11-3-1-10-2-4-11/h9-10,13H,1-8H2. The molecule has 0 unspecified atom stereocenters. The molecule has 2 saturated heterocycles. The van der Waals surface area contributed by atoms with Crippen molar-refractivity contribution in [2.24, 2.45) is 0 Å². The number of likely N-dealkylation sites (tertiary alicyclic amines) is 1. The molecule has 0 aliphatic carbocycles. The van der Waals surface area contributed by atoms with Crippen molar-refractivity contribution < 1.29 is 5.11 Å². The zero-order valence-electron chi connectivity index (χ0n) is 8.08. The predicted molar refractivity (Wildman–Crippen MR) is 51.8 cm³/mol. The fraction of sp³-hybridized carbons (Fsp3) is 1.00. The summed E-state index contributed by atoms with van der Waals surface area (Å²) in [6.07, 6.45) is -0.0528. The number of β-amino-alcohol motifs (C(OH)–C–C–N with tert-alkyl or cyclic N) is 1. The zero-order valence-corrected chi connectivity index (χ0v) is 8.08. The highest BCUT2D eigenvalue weighted by Crippen LogP contribution is 2.06. The van der Waals surface area contributed by atoms with Crippen molar-refractivity contribution in [3.05, 3.63) is 0 Å². The van der Waals surface area contributed by atoms with E-state index in [0.717, 1.165) is 39.3 Å². The Bertz CT molecular complexity index is 153. The van der Waals surface area contributed by atoms with Crippen LogP contribution < -0.4 is 5.32 Å². The van der Waals surface area contributed by atoms with E-state index in [1.54, 1.807) is 0 Å². The molecule has 4 heteroatoms. The molecule has 0 aromatic carbocycles. The molecule has 2 aliphatic rings. The van der Waals surface area contributed by atoms with Gasteiger partial charge in [0.1, 0.15) is 0 Å². The average molecular weight is 185 g/mol. The van der Waals surface area contributed by atoms with Crippen LogP contribution >= 0.6 is 0 Å². The van der Waals surface area contributed by atoms with Crippen LogP contribution in [-0.4, -0.2) is 73.4 Å². The molecule has 0 radical (unpaired) electrons. The Morgan fingerprint density at radius 3 is 2.31 bits per heavy atom. The molecule has 0 aromatic rings. The van der Waals surface area contributed by atoms with Crippen LogP contribution in [-0.2, 0) is 0 Å². The van der Waals surface area contributed by atoms with Gasteiger partial charge in [-0.3, -0.25) is 9.80 Å². The van der Waals surface area contributed by atoms with E-state index < -0.39 is 0 Å². The minimum absolute atomic E-state index is 0.0528. The molecule has 2 fully saturated rings. The molecule has 0 bridgehead atoms. The maximum atomic E-state index is 9.09. The Balaban J connectivity index is 1.56. The van der Waals surface area contributed by atoms with Gasteiger partial charge in [0.25, 0.3) is 0 Å². The Morgan fingerprint density at radius 1 is 1.08 bits per heavy atom. The number of rotatable bonds is 3. The molecular formula is C9H19N3O. The van der Waals surface area contributed by atoms with Crippen LogP contribution in [0.2, 0.25) is 0 Å². The van der Waals surface area contributed by atoms with Gasteiger partial charge in [-0.05, 0) is 0 Å². The summed E-state index contributed by atoms with van der Waals surface area (Å²) in [7, 11) is 0. The maximum absolute atomic E-state index is 9.09. The van der Waals surface area contributed by atoms with E-state index in [0.29, 0.717) is 0 Å². The van der Waals surface area contributed by atoms with E-state index in [9.17, 15) is 0 Å². The second-order valence-electron chi connectivity index (χ2n) is 4.01. The summed E-state index contributed by atoms with van der Waals surface area (Å²) in [5.41, 5.74) is 0. The van der Waals surface area contributed by atoms with E-state index in [1.807, 2.05) is 0 Å². The monoisotopic (exact) mass is 185 g/mol. The van der Waals surface area contributed by atoms with Gasteiger partial charge in [0.15, 0.2) is 0 Å². The first-order valence-corrected chi connectivity index (χ1v) is 5.18. The SMILES string of the molecule is OC1CN(CCN2CCNCC2)C1. The summed E-state index contributed by atoms with van der Waals surface area (Å²) in [4.78, 5) is 4.80. The topological polar surface area (TPSA) is 38.7 Å². The Labute approximate surface area is 79.5 Å². The molecule has 0 amide bonds. The van der Waals surface area contributed by atoms with Gasteiger partial charge < -0.3 is 10.4 Å². The number of hydrogen-bond donors (Lipinski definition) is 2. The second kappa shape index (κ2) is 4.37. The smallest absolute Gasteiger partial charge is 0.0793 e. The van der Waals surface area contributed by atoms with E-state index in [4.69, 9.17) is 5.11 Å². The lowest BCUT2D eigenvalue weighted by Crippen LogP contribution is -2.54. The zero-order chi connectivity index (χ0) is 9.10. The van der Waals surface area contributed by atoms with Crippen LogP contribution in [0.5, 0.6) is 0 Å². The Hall–Kier alpha value is -0.160. The lowest BCUT2D eigenvalue weighted by molar-refractivity contribution is -0.00297. The van der Waals surface area contributed by atoms with Gasteiger partial charge >= 0.3 is 0 Å². The molecule has 2 N–H and O–H groups in total. The largest absolute Gasteiger partial charge is 0.390 e. The quantitative estimate of drug-likeness (QED) is 0.565. The third-order valence-corrected chi connectivity index (χ3v) is 2.88. The molecule has 2 heterocycles. The van der Waals surface area contributed by atoms with Crippen molar-refractivity contribution in [2.45, 2.75) is 6.10 Å². The summed E-state index contributed by atoms with van der Waals surface area (Å²) in [6, 6.07) is 0. The summed E-state index contributed by atoms with van der Waals surface area (Å²) in [5, 5.41) is 12.4. The molecule has 2 aliphatic heterocycles. The number of hydrogen-bond acceptors (Lipinski definition) is 4. The van der Waals surface area contributed by atoms with Gasteiger partial charge in [-0.1, -0.05) is 0 Å². The Kier molecular flexibility index (Phi) is 3.16. The van der Waals surface area contributed by atoms with Crippen molar-refractivity contribution in [3.63, 3.8) is 0 Å². The van der Waals surface area contributed by atoms with E-state index in [-0.39, 0.29) is 6.10 Å². The first-order chi connectivity index (χ1) is 6.34. The molecule has 2 rings (SSSR count). The van der Waals surface area contributed by atoms with Crippen LogP contribution in [0.1, 0.15) is 0 Å². The number of nitrogens with one attached hydrogen (secondary N) is 1. The van der Waals surface area contributed by atoms with Gasteiger partial charge in [0.2, 0.25) is 0 Å². The van der Waals surface area contributed by atoms with Gasteiger partial charge in [0, 0.05) is 52.4 Å². The fourth-order valence-electron chi connectivity index (χ4n) is 1.94. The first kappa shape index (κ1) is 9.40. The first-order valence-electron chi connectivity index (χ1n) is 5.18. The van der Waals surface area contributed by atoms with Gasteiger partial charge in [-0.25, -0.2) is 0 Å². The summed E-state index contributed by atoms with van der Waals surface area (Å²) in [5.74, 6) is 0. The minimum atomic E-state index is -0.0528. The third-order valence-electron chi connectivity index (χ3n) is 2.88. The van der Waals surface area contributed by atoms with Crippen molar-refractivity contribution in [2.75, 3.05) is 52.4 Å². The molecule has 13 heavy (non-hydrogen) atoms. The van der Waals surface area contributed by atoms with Crippen molar-refractivity contribution in [1.82, 2.24) is 15.1 Å². The molecule has 4 nitrogen and oxygen atoms in total. The lowest BCUT2D eigenvalue weighted by Gasteiger charge is -2.38. The molecule has 0 spiro atoms. The van der Waals surface area contributed by atoms with Crippen LogP contribution in [0.15, 0.2) is 0 Å². The normalized spacial score (nSPS) is 27.5. The van der Waals surface area contributed by atoms with E-state index >= 15 is 0 Å². The van der Waals surface area contributed by atoms with Crippen LogP contribution in [0.25, 0.3) is 0 Å². The lowest BCUT2D eigenvalue weighted by atomic mass is 10.2. The third kappa shape index (κ3) is 2.64. The number of aliphatic hydroxyl groups excluding tert-OH is 1. The highest BCUT2D eigenvalue weighted by Gasteiger charge is 2.24. The summed E-state index contributed by atoms with van der Waals surface area (Å²) < 4.78 is 0. The average Bonchev–Trinajstić information content (AvgIpc) is 2.12.